The lowest BCUT2D eigenvalue weighted by molar-refractivity contribution is -0.126. The highest BCUT2D eigenvalue weighted by Crippen LogP contribution is 2.30. The van der Waals surface area contributed by atoms with Gasteiger partial charge in [0.2, 0.25) is 5.91 Å². The van der Waals surface area contributed by atoms with Crippen LogP contribution in [0.3, 0.4) is 0 Å². The van der Waals surface area contributed by atoms with Gasteiger partial charge in [0.25, 0.3) is 0 Å². The first-order valence-corrected chi connectivity index (χ1v) is 9.29. The van der Waals surface area contributed by atoms with E-state index in [1.807, 2.05) is 24.3 Å². The highest BCUT2D eigenvalue weighted by molar-refractivity contribution is 9.10. The molecule has 0 aliphatic carbocycles. The number of anilines is 1. The van der Waals surface area contributed by atoms with Gasteiger partial charge in [-0.05, 0) is 39.7 Å². The van der Waals surface area contributed by atoms with Crippen LogP contribution in [0.1, 0.15) is 5.56 Å². The lowest BCUT2D eigenvalue weighted by Gasteiger charge is -2.38. The minimum absolute atomic E-state index is 0.179. The van der Waals surface area contributed by atoms with Crippen molar-refractivity contribution in [2.45, 2.75) is 6.54 Å². The molecule has 1 fully saturated rings. The Morgan fingerprint density at radius 1 is 1.37 bits per heavy atom. The third kappa shape index (κ3) is 4.33. The van der Waals surface area contributed by atoms with Crippen LogP contribution in [-0.2, 0) is 11.3 Å². The zero-order chi connectivity index (χ0) is 19.6. The number of halogens is 2. The first-order chi connectivity index (χ1) is 12.9. The standard InChI is InChI=1S/C18H17BrClN3O4/c1-27-14-4-2-11(3-5-14)8-23(16-15(19)6-13(20)7-21-16)17(24)12-9-22(10-12)18(25)26/h2-7,12H,8-10H2,1H3,(H,25,26). The van der Waals surface area contributed by atoms with Crippen LogP contribution in [0, 0.1) is 5.92 Å². The van der Waals surface area contributed by atoms with E-state index in [1.165, 1.54) is 11.1 Å². The summed E-state index contributed by atoms with van der Waals surface area (Å²) >= 11 is 9.38. The van der Waals surface area contributed by atoms with Crippen LogP contribution in [0.25, 0.3) is 0 Å². The van der Waals surface area contributed by atoms with E-state index >= 15 is 0 Å². The Kier molecular flexibility index (Phi) is 5.86. The van der Waals surface area contributed by atoms with Gasteiger partial charge in [-0.3, -0.25) is 9.69 Å². The average molecular weight is 455 g/mol. The maximum Gasteiger partial charge on any atom is 0.407 e. The summed E-state index contributed by atoms with van der Waals surface area (Å²) in [5.41, 5.74) is 0.891. The minimum Gasteiger partial charge on any atom is -0.497 e. The summed E-state index contributed by atoms with van der Waals surface area (Å²) in [5.74, 6) is 0.579. The maximum absolute atomic E-state index is 13.0. The SMILES string of the molecule is COc1ccc(CN(C(=O)C2CN(C(=O)O)C2)c2ncc(Cl)cc2Br)cc1. The van der Waals surface area contributed by atoms with Gasteiger partial charge in [0.1, 0.15) is 11.6 Å². The number of benzene rings is 1. The van der Waals surface area contributed by atoms with Crippen LogP contribution in [-0.4, -0.2) is 47.2 Å². The number of aromatic nitrogens is 1. The fourth-order valence-corrected chi connectivity index (χ4v) is 3.64. The van der Waals surface area contributed by atoms with Gasteiger partial charge < -0.3 is 14.7 Å². The van der Waals surface area contributed by atoms with Crippen LogP contribution < -0.4 is 9.64 Å². The summed E-state index contributed by atoms with van der Waals surface area (Å²) in [7, 11) is 1.59. The molecule has 27 heavy (non-hydrogen) atoms. The van der Waals surface area contributed by atoms with Crippen molar-refractivity contribution in [3.8, 4) is 5.75 Å². The van der Waals surface area contributed by atoms with Crippen molar-refractivity contribution in [2.75, 3.05) is 25.1 Å². The molecule has 1 aliphatic heterocycles. The van der Waals surface area contributed by atoms with Gasteiger partial charge in [-0.2, -0.15) is 0 Å². The molecule has 1 aliphatic rings. The normalized spacial score (nSPS) is 13.8. The zero-order valence-corrected chi connectivity index (χ0v) is 16.8. The number of carboxylic acid groups (broad SMARTS) is 1. The number of likely N-dealkylation sites (tertiary alicyclic amines) is 1. The number of ether oxygens (including phenoxy) is 1. The van der Waals surface area contributed by atoms with Crippen LogP contribution in [0.15, 0.2) is 41.0 Å². The van der Waals surface area contributed by atoms with Crippen LogP contribution in [0.4, 0.5) is 10.6 Å². The van der Waals surface area contributed by atoms with Crippen molar-refractivity contribution in [1.29, 1.82) is 0 Å². The van der Waals surface area contributed by atoms with E-state index < -0.39 is 12.0 Å². The fraction of sp³-hybridized carbons (Fsp3) is 0.278. The number of nitrogens with zero attached hydrogens (tertiary/aromatic N) is 3. The lowest BCUT2D eigenvalue weighted by atomic mass is 9.98. The fourth-order valence-electron chi connectivity index (χ4n) is 2.79. The molecule has 7 nitrogen and oxygen atoms in total. The first kappa shape index (κ1) is 19.4. The summed E-state index contributed by atoms with van der Waals surface area (Å²) < 4.78 is 5.75. The van der Waals surface area contributed by atoms with Crippen LogP contribution in [0.5, 0.6) is 5.75 Å². The molecule has 2 amide bonds. The van der Waals surface area contributed by atoms with Crippen molar-refractivity contribution < 1.29 is 19.4 Å². The van der Waals surface area contributed by atoms with E-state index in [1.54, 1.807) is 18.1 Å². The number of hydrogen-bond acceptors (Lipinski definition) is 4. The van der Waals surface area contributed by atoms with Crippen LogP contribution >= 0.6 is 27.5 Å². The topological polar surface area (TPSA) is 83.0 Å². The van der Waals surface area contributed by atoms with Crippen molar-refractivity contribution in [2.24, 2.45) is 5.92 Å². The third-order valence-electron chi connectivity index (χ3n) is 4.31. The molecular weight excluding hydrogens is 438 g/mol. The number of amides is 2. The van der Waals surface area contributed by atoms with Crippen LogP contribution in [0.2, 0.25) is 5.02 Å². The second-order valence-electron chi connectivity index (χ2n) is 6.12. The number of rotatable bonds is 5. The predicted molar refractivity (Wildman–Crippen MR) is 104 cm³/mol. The van der Waals surface area contributed by atoms with Gasteiger partial charge in [0.15, 0.2) is 0 Å². The van der Waals surface area contributed by atoms with Gasteiger partial charge in [0, 0.05) is 19.3 Å². The molecule has 0 unspecified atom stereocenters. The molecule has 1 aromatic carbocycles. The molecule has 1 N–H and O–H groups in total. The van der Waals surface area contributed by atoms with Crippen molar-refractivity contribution in [3.05, 3.63) is 51.6 Å². The Morgan fingerprint density at radius 3 is 2.59 bits per heavy atom. The molecule has 0 atom stereocenters. The summed E-state index contributed by atoms with van der Waals surface area (Å²) in [4.78, 5) is 31.1. The second kappa shape index (κ2) is 8.14. The van der Waals surface area contributed by atoms with E-state index in [4.69, 9.17) is 21.4 Å². The van der Waals surface area contributed by atoms with Gasteiger partial charge in [-0.15, -0.1) is 0 Å². The van der Waals surface area contributed by atoms with E-state index in [9.17, 15) is 9.59 Å². The molecular formula is C18H17BrClN3O4. The number of pyridine rings is 1. The van der Waals surface area contributed by atoms with E-state index in [0.29, 0.717) is 21.9 Å². The van der Waals surface area contributed by atoms with Gasteiger partial charge in [-0.1, -0.05) is 23.7 Å². The average Bonchev–Trinajstić information content (AvgIpc) is 2.59. The molecule has 2 heterocycles. The largest absolute Gasteiger partial charge is 0.497 e. The number of carbonyl (C=O) groups excluding carboxylic acids is 1. The van der Waals surface area contributed by atoms with E-state index in [0.717, 1.165) is 11.3 Å². The molecule has 0 bridgehead atoms. The number of hydrogen-bond donors (Lipinski definition) is 1. The van der Waals surface area contributed by atoms with Crippen molar-refractivity contribution in [3.63, 3.8) is 0 Å². The quantitative estimate of drug-likeness (QED) is 0.746. The summed E-state index contributed by atoms with van der Waals surface area (Å²) in [6.45, 7) is 0.649. The summed E-state index contributed by atoms with van der Waals surface area (Å²) in [6, 6.07) is 9.04. The third-order valence-corrected chi connectivity index (χ3v) is 5.10. The number of carbonyl (C=O) groups is 2. The van der Waals surface area contributed by atoms with Crippen molar-refractivity contribution >= 4 is 45.3 Å². The Hall–Kier alpha value is -2.32. The first-order valence-electron chi connectivity index (χ1n) is 8.12. The van der Waals surface area contributed by atoms with E-state index in [2.05, 4.69) is 20.9 Å². The summed E-state index contributed by atoms with van der Waals surface area (Å²) in [6.07, 6.45) is 0.451. The molecule has 1 aromatic heterocycles. The zero-order valence-electron chi connectivity index (χ0n) is 14.4. The Balaban J connectivity index is 1.86. The highest BCUT2D eigenvalue weighted by Gasteiger charge is 2.39. The lowest BCUT2D eigenvalue weighted by Crippen LogP contribution is -2.56. The predicted octanol–water partition coefficient (Wildman–Crippen LogP) is 3.65. The monoisotopic (exact) mass is 453 g/mol. The molecule has 1 saturated heterocycles. The summed E-state index contributed by atoms with van der Waals surface area (Å²) in [5, 5.41) is 9.45. The molecule has 9 heteroatoms. The molecule has 2 aromatic rings. The molecule has 0 saturated carbocycles. The molecule has 0 radical (unpaired) electrons. The molecule has 3 rings (SSSR count). The Bertz CT molecular complexity index is 856. The smallest absolute Gasteiger partial charge is 0.407 e. The van der Waals surface area contributed by atoms with E-state index in [-0.39, 0.29) is 19.0 Å². The Morgan fingerprint density at radius 2 is 2.04 bits per heavy atom. The number of methoxy groups -OCH3 is 1. The maximum atomic E-state index is 13.0. The highest BCUT2D eigenvalue weighted by atomic mass is 79.9. The van der Waals surface area contributed by atoms with Gasteiger partial charge in [0.05, 0.1) is 29.1 Å². The Labute approximate surface area is 169 Å². The molecule has 0 spiro atoms. The minimum atomic E-state index is -1.02. The second-order valence-corrected chi connectivity index (χ2v) is 7.41. The molecule has 142 valence electrons. The van der Waals surface area contributed by atoms with Gasteiger partial charge in [-0.25, -0.2) is 9.78 Å². The van der Waals surface area contributed by atoms with Gasteiger partial charge >= 0.3 is 6.09 Å². The van der Waals surface area contributed by atoms with Crippen molar-refractivity contribution in [1.82, 2.24) is 9.88 Å².